The minimum Gasteiger partial charge on any atom is -0.421 e. The Bertz CT molecular complexity index is 2770. The van der Waals surface area contributed by atoms with Crippen molar-refractivity contribution in [1.82, 2.24) is 19.9 Å². The molecule has 9 rings (SSSR count). The number of esters is 4. The fraction of sp³-hybridized carbons (Fsp3) is 0. The van der Waals surface area contributed by atoms with E-state index < -0.39 is 23.9 Å². The van der Waals surface area contributed by atoms with Crippen molar-refractivity contribution >= 4 is 46.6 Å². The van der Waals surface area contributed by atoms with Crippen LogP contribution < -0.4 is 18.9 Å². The molecule has 1 aliphatic heterocycles. The number of nitrogens with zero attached hydrogens (tertiary/aromatic N) is 8. The molecule has 4 aromatic heterocycles. The van der Waals surface area contributed by atoms with E-state index in [1.807, 2.05) is 0 Å². The van der Waals surface area contributed by atoms with Crippen LogP contribution in [-0.2, 0) is 0 Å². The monoisotopic (exact) mass is 844 g/mol. The Labute approximate surface area is 362 Å². The van der Waals surface area contributed by atoms with E-state index in [0.717, 1.165) is 0 Å². The molecule has 0 aliphatic carbocycles. The lowest BCUT2D eigenvalue weighted by molar-refractivity contribution is 0.0723. The number of hydrogen-bond acceptors (Lipinski definition) is 16. The van der Waals surface area contributed by atoms with E-state index in [-0.39, 0.29) is 68.0 Å². The average Bonchev–Trinajstić information content (AvgIpc) is 3.33. The summed E-state index contributed by atoms with van der Waals surface area (Å²) in [7, 11) is 0. The quantitative estimate of drug-likeness (QED) is 0.131. The summed E-state index contributed by atoms with van der Waals surface area (Å²) in [4.78, 5) is 72.2. The summed E-state index contributed by atoms with van der Waals surface area (Å²) >= 11 is 0. The Hall–Kier alpha value is -9.44. The molecule has 0 fully saturated rings. The fourth-order valence-electron chi connectivity index (χ4n) is 6.50. The summed E-state index contributed by atoms with van der Waals surface area (Å²) in [6.45, 7) is 0. The lowest BCUT2D eigenvalue weighted by Crippen LogP contribution is -2.11. The van der Waals surface area contributed by atoms with E-state index >= 15 is 0 Å². The smallest absolute Gasteiger partial charge is 0.345 e. The van der Waals surface area contributed by atoms with Gasteiger partial charge in [0.1, 0.15) is 22.7 Å². The number of benzene rings is 4. The van der Waals surface area contributed by atoms with E-state index in [1.165, 1.54) is 73.8 Å². The summed E-state index contributed by atoms with van der Waals surface area (Å²) in [6, 6.07) is 31.8. The molecule has 1 aliphatic rings. The van der Waals surface area contributed by atoms with Gasteiger partial charge in [-0.1, -0.05) is 48.5 Å². The standard InChI is InChI=1S/C48H28N8O8/c57-45-33-9-1-5-13-37(33)53-54-38-14-6-2-10-34(38)46(58)63-43-27-51-23-19-31(43)32-20-24-52-28-44(32)64-48(60)36-12-4-8-16-40(36)56-55-39-15-7-3-11-35(39)47(59)62-42-26-50-22-18-30(42)29-17-21-49-25-41(29)61-45/h1-28H. The van der Waals surface area contributed by atoms with Crippen molar-refractivity contribution in [3.63, 3.8) is 0 Å². The van der Waals surface area contributed by atoms with Crippen molar-refractivity contribution in [3.8, 4) is 45.3 Å². The number of carbonyl (C=O) groups is 4. The third kappa shape index (κ3) is 8.45. The molecule has 8 aromatic rings. The maximum atomic E-state index is 13.9. The largest absolute Gasteiger partial charge is 0.421 e. The van der Waals surface area contributed by atoms with Gasteiger partial charge in [0.2, 0.25) is 0 Å². The maximum Gasteiger partial charge on any atom is 0.345 e. The number of ether oxygens (including phenoxy) is 4. The highest BCUT2D eigenvalue weighted by Crippen LogP contribution is 2.39. The number of hydrogen-bond donors (Lipinski definition) is 0. The Morgan fingerprint density at radius 1 is 0.266 bits per heavy atom. The molecule has 16 heteroatoms. The molecule has 16 nitrogen and oxygen atoms in total. The van der Waals surface area contributed by atoms with Crippen molar-refractivity contribution in [2.45, 2.75) is 0 Å². The first-order valence-corrected chi connectivity index (χ1v) is 19.3. The van der Waals surface area contributed by atoms with E-state index in [1.54, 1.807) is 97.1 Å². The topological polar surface area (TPSA) is 206 Å². The van der Waals surface area contributed by atoms with Crippen LogP contribution in [0.5, 0.6) is 23.0 Å². The second-order valence-electron chi connectivity index (χ2n) is 13.5. The van der Waals surface area contributed by atoms with Crippen molar-refractivity contribution in [1.29, 1.82) is 0 Å². The van der Waals surface area contributed by atoms with Gasteiger partial charge < -0.3 is 18.9 Å². The van der Waals surface area contributed by atoms with E-state index in [2.05, 4.69) is 40.4 Å². The maximum absolute atomic E-state index is 13.9. The number of aromatic nitrogens is 4. The highest BCUT2D eigenvalue weighted by molar-refractivity contribution is 6.00. The minimum atomic E-state index is -0.802. The molecule has 64 heavy (non-hydrogen) atoms. The lowest BCUT2D eigenvalue weighted by atomic mass is 10.1. The van der Waals surface area contributed by atoms with Gasteiger partial charge in [-0.15, -0.1) is 20.5 Å². The molecule has 0 amide bonds. The summed E-state index contributed by atoms with van der Waals surface area (Å²) < 4.78 is 23.7. The van der Waals surface area contributed by atoms with Gasteiger partial charge in [-0.05, 0) is 72.8 Å². The zero-order valence-electron chi connectivity index (χ0n) is 33.0. The average molecular weight is 845 g/mol. The first-order valence-electron chi connectivity index (χ1n) is 19.3. The summed E-state index contributed by atoms with van der Waals surface area (Å²) in [5.74, 6) is -3.08. The summed E-state index contributed by atoms with van der Waals surface area (Å²) in [6.07, 6.45) is 11.3. The molecule has 0 bridgehead atoms. The van der Waals surface area contributed by atoms with E-state index in [0.29, 0.717) is 22.3 Å². The van der Waals surface area contributed by atoms with Gasteiger partial charge in [0.15, 0.2) is 23.0 Å². The normalized spacial score (nSPS) is 12.9. The molecule has 0 unspecified atom stereocenters. The molecule has 0 atom stereocenters. The van der Waals surface area contributed by atoms with Gasteiger partial charge >= 0.3 is 23.9 Å². The summed E-state index contributed by atoms with van der Waals surface area (Å²) in [5.41, 5.74) is 2.05. The van der Waals surface area contributed by atoms with Gasteiger partial charge in [-0.2, -0.15) is 0 Å². The van der Waals surface area contributed by atoms with Gasteiger partial charge in [-0.25, -0.2) is 19.2 Å². The van der Waals surface area contributed by atoms with Crippen LogP contribution in [0.1, 0.15) is 41.4 Å². The fourth-order valence-corrected chi connectivity index (χ4v) is 6.50. The number of carbonyl (C=O) groups excluding carboxylic acids is 4. The van der Waals surface area contributed by atoms with Crippen LogP contribution in [0.25, 0.3) is 22.3 Å². The SMILES string of the molecule is O=C1Oc2cnccc2-c2ccncc2OC(=O)c2ccccc2N=Nc2ccccc2C(=O)Oc2cnccc2-c2ccncc2OC(=O)c2ccccc2N=Nc2ccccc21. The Morgan fingerprint density at radius 3 is 0.719 bits per heavy atom. The molecular formula is C48H28N8O8. The van der Waals surface area contributed by atoms with E-state index in [9.17, 15) is 19.2 Å². The Morgan fingerprint density at radius 2 is 0.484 bits per heavy atom. The van der Waals surface area contributed by atoms with Crippen LogP contribution in [0.2, 0.25) is 0 Å². The molecule has 5 heterocycles. The molecule has 0 spiro atoms. The molecule has 308 valence electrons. The second-order valence-corrected chi connectivity index (χ2v) is 13.5. The van der Waals surface area contributed by atoms with Gasteiger partial charge in [0.25, 0.3) is 0 Å². The van der Waals surface area contributed by atoms with Crippen LogP contribution in [0.4, 0.5) is 22.7 Å². The first-order chi connectivity index (χ1) is 31.4. The predicted octanol–water partition coefficient (Wildman–Crippen LogP) is 10.6. The van der Waals surface area contributed by atoms with Crippen LogP contribution >= 0.6 is 0 Å². The number of fused-ring (bicyclic) bond motifs is 10. The predicted molar refractivity (Wildman–Crippen MR) is 229 cm³/mol. The van der Waals surface area contributed by atoms with Gasteiger partial charge in [-0.3, -0.25) is 19.9 Å². The lowest BCUT2D eigenvalue weighted by Gasteiger charge is -2.14. The highest BCUT2D eigenvalue weighted by atomic mass is 16.5. The van der Waals surface area contributed by atoms with Crippen LogP contribution in [-0.4, -0.2) is 43.8 Å². The number of rotatable bonds is 0. The minimum absolute atomic E-state index is 0.0315. The molecule has 4 aromatic carbocycles. The second kappa shape index (κ2) is 18.0. The molecule has 0 radical (unpaired) electrons. The van der Waals surface area contributed by atoms with Crippen LogP contribution in [0.3, 0.4) is 0 Å². The third-order valence-corrected chi connectivity index (χ3v) is 9.56. The van der Waals surface area contributed by atoms with Crippen LogP contribution in [0, 0.1) is 0 Å². The van der Waals surface area contributed by atoms with Crippen molar-refractivity contribution in [3.05, 3.63) is 193 Å². The molecule has 0 saturated heterocycles. The van der Waals surface area contributed by atoms with Crippen molar-refractivity contribution in [2.24, 2.45) is 20.5 Å². The highest BCUT2D eigenvalue weighted by Gasteiger charge is 2.24. The first kappa shape index (κ1) is 40.0. The Balaban J connectivity index is 1.16. The third-order valence-electron chi connectivity index (χ3n) is 9.56. The van der Waals surface area contributed by atoms with E-state index in [4.69, 9.17) is 18.9 Å². The van der Waals surface area contributed by atoms with Crippen molar-refractivity contribution < 1.29 is 38.1 Å². The Kier molecular flexibility index (Phi) is 11.3. The zero-order chi connectivity index (χ0) is 43.8. The summed E-state index contributed by atoms with van der Waals surface area (Å²) in [5, 5.41) is 17.4. The molecule has 0 N–H and O–H groups in total. The number of pyridine rings is 4. The van der Waals surface area contributed by atoms with Crippen molar-refractivity contribution in [2.75, 3.05) is 0 Å². The van der Waals surface area contributed by atoms with Gasteiger partial charge in [0, 0.05) is 47.0 Å². The molecule has 0 saturated carbocycles. The van der Waals surface area contributed by atoms with Crippen LogP contribution in [0.15, 0.2) is 191 Å². The van der Waals surface area contributed by atoms with Gasteiger partial charge in [0.05, 0.1) is 47.0 Å². The molecular weight excluding hydrogens is 817 g/mol. The number of azo groups is 2. The zero-order valence-corrected chi connectivity index (χ0v) is 33.0.